The van der Waals surface area contributed by atoms with Gasteiger partial charge >= 0.3 is 0 Å². The maximum absolute atomic E-state index is 13.8. The maximum atomic E-state index is 13.8. The number of hydrogen-bond donors (Lipinski definition) is 1. The van der Waals surface area contributed by atoms with E-state index in [9.17, 15) is 4.39 Å². The molecule has 0 unspecified atom stereocenters. The van der Waals surface area contributed by atoms with E-state index >= 15 is 0 Å². The first-order valence-corrected chi connectivity index (χ1v) is 7.49. The number of ether oxygens (including phenoxy) is 1. The molecular weight excluding hydrogens is 355 g/mol. The molecule has 0 aliphatic carbocycles. The summed E-state index contributed by atoms with van der Waals surface area (Å²) in [7, 11) is 1.63. The number of aromatic amines is 1. The van der Waals surface area contributed by atoms with E-state index in [4.69, 9.17) is 17.0 Å². The molecule has 2 aromatic carbocycles. The third-order valence-corrected chi connectivity index (χ3v) is 4.27. The van der Waals surface area contributed by atoms with Gasteiger partial charge in [-0.15, -0.1) is 0 Å². The molecule has 3 rings (SSSR count). The van der Waals surface area contributed by atoms with Gasteiger partial charge in [-0.3, -0.25) is 0 Å². The number of benzene rings is 2. The Morgan fingerprint density at radius 3 is 2.86 bits per heavy atom. The highest BCUT2D eigenvalue weighted by molar-refractivity contribution is 9.10. The Labute approximate surface area is 134 Å². The molecule has 0 bridgehead atoms. The first kappa shape index (κ1) is 14.3. The van der Waals surface area contributed by atoms with Crippen LogP contribution >= 0.6 is 28.1 Å². The van der Waals surface area contributed by atoms with E-state index in [1.165, 1.54) is 6.07 Å². The van der Waals surface area contributed by atoms with Crippen LogP contribution in [0.15, 0.2) is 40.9 Å². The average Bonchev–Trinajstić information content (AvgIpc) is 2.76. The lowest BCUT2D eigenvalue weighted by Gasteiger charge is -2.09. The van der Waals surface area contributed by atoms with Crippen LogP contribution in [-0.4, -0.2) is 16.7 Å². The molecule has 0 amide bonds. The summed E-state index contributed by atoms with van der Waals surface area (Å²) < 4.78 is 22.0. The zero-order valence-electron chi connectivity index (χ0n) is 11.2. The first-order valence-electron chi connectivity index (χ1n) is 6.29. The van der Waals surface area contributed by atoms with Gasteiger partial charge in [0.1, 0.15) is 11.6 Å². The van der Waals surface area contributed by atoms with Crippen molar-refractivity contribution in [2.24, 2.45) is 0 Å². The van der Waals surface area contributed by atoms with Gasteiger partial charge in [-0.1, -0.05) is 18.2 Å². The smallest absolute Gasteiger partial charge is 0.178 e. The second kappa shape index (κ2) is 5.61. The fraction of sp³-hybridized carbons (Fsp3) is 0.133. The highest BCUT2D eigenvalue weighted by Crippen LogP contribution is 2.25. The van der Waals surface area contributed by atoms with Crippen molar-refractivity contribution in [3.8, 4) is 5.75 Å². The molecule has 0 atom stereocenters. The van der Waals surface area contributed by atoms with Crippen LogP contribution in [0.1, 0.15) is 5.56 Å². The monoisotopic (exact) mass is 366 g/mol. The topological polar surface area (TPSA) is 29.9 Å². The average molecular weight is 367 g/mol. The summed E-state index contributed by atoms with van der Waals surface area (Å²) in [5.74, 6) is 0.469. The predicted octanol–water partition coefficient (Wildman–Crippen LogP) is 4.66. The van der Waals surface area contributed by atoms with Crippen molar-refractivity contribution >= 4 is 39.2 Å². The highest BCUT2D eigenvalue weighted by atomic mass is 79.9. The maximum Gasteiger partial charge on any atom is 0.178 e. The molecule has 0 saturated carbocycles. The fourth-order valence-corrected chi connectivity index (χ4v) is 2.93. The third-order valence-electron chi connectivity index (χ3n) is 3.34. The minimum absolute atomic E-state index is 0.315. The number of rotatable bonds is 3. The van der Waals surface area contributed by atoms with E-state index in [2.05, 4.69) is 20.9 Å². The number of aromatic nitrogens is 2. The lowest BCUT2D eigenvalue weighted by molar-refractivity contribution is 0.408. The summed E-state index contributed by atoms with van der Waals surface area (Å²) in [5.41, 5.74) is 2.51. The van der Waals surface area contributed by atoms with Gasteiger partial charge in [0.25, 0.3) is 0 Å². The summed E-state index contributed by atoms with van der Waals surface area (Å²) in [5, 5.41) is 0. The largest absolute Gasteiger partial charge is 0.496 e. The molecule has 3 nitrogen and oxygen atoms in total. The highest BCUT2D eigenvalue weighted by Gasteiger charge is 2.11. The van der Waals surface area contributed by atoms with Gasteiger partial charge in [0, 0.05) is 11.6 Å². The number of halogens is 2. The van der Waals surface area contributed by atoms with Crippen LogP contribution in [0.2, 0.25) is 0 Å². The summed E-state index contributed by atoms with van der Waals surface area (Å²) in [6, 6.07) is 10.9. The number of fused-ring (bicyclic) bond motifs is 1. The van der Waals surface area contributed by atoms with E-state index < -0.39 is 0 Å². The molecule has 1 heterocycles. The normalized spacial score (nSPS) is 11.0. The number of imidazole rings is 1. The quantitative estimate of drug-likeness (QED) is 0.683. The van der Waals surface area contributed by atoms with Crippen molar-refractivity contribution in [1.29, 1.82) is 0 Å². The van der Waals surface area contributed by atoms with Crippen LogP contribution in [0.25, 0.3) is 11.0 Å². The second-order valence-corrected chi connectivity index (χ2v) is 5.85. The van der Waals surface area contributed by atoms with Crippen molar-refractivity contribution in [2.75, 3.05) is 7.11 Å². The Kier molecular flexibility index (Phi) is 3.82. The molecule has 1 N–H and O–H groups in total. The van der Waals surface area contributed by atoms with E-state index in [0.717, 1.165) is 22.3 Å². The van der Waals surface area contributed by atoms with Crippen LogP contribution in [0.5, 0.6) is 5.75 Å². The van der Waals surface area contributed by atoms with Gasteiger partial charge in [-0.05, 0) is 40.3 Å². The molecule has 0 aliphatic rings. The number of para-hydroxylation sites is 1. The SMILES string of the molecule is COc1ccccc1Cn1c(=S)[nH]c2cc(Br)c(F)cc21. The molecule has 6 heteroatoms. The number of H-pyrrole nitrogens is 1. The summed E-state index contributed by atoms with van der Waals surface area (Å²) >= 11 is 8.53. The zero-order chi connectivity index (χ0) is 15.0. The van der Waals surface area contributed by atoms with Crippen LogP contribution in [-0.2, 0) is 6.54 Å². The molecule has 3 aromatic rings. The summed E-state index contributed by atoms with van der Waals surface area (Å²) in [6.07, 6.45) is 0. The van der Waals surface area contributed by atoms with E-state index in [0.29, 0.717) is 15.8 Å². The number of methoxy groups -OCH3 is 1. The van der Waals surface area contributed by atoms with Crippen molar-refractivity contribution in [1.82, 2.24) is 9.55 Å². The van der Waals surface area contributed by atoms with Crippen LogP contribution < -0.4 is 4.74 Å². The second-order valence-electron chi connectivity index (χ2n) is 4.61. The fourth-order valence-electron chi connectivity index (χ4n) is 2.31. The van der Waals surface area contributed by atoms with Crippen molar-refractivity contribution in [2.45, 2.75) is 6.54 Å². The molecule has 21 heavy (non-hydrogen) atoms. The van der Waals surface area contributed by atoms with Gasteiger partial charge < -0.3 is 14.3 Å². The lowest BCUT2D eigenvalue weighted by Crippen LogP contribution is -2.02. The molecule has 0 saturated heterocycles. The van der Waals surface area contributed by atoms with E-state index in [-0.39, 0.29) is 5.82 Å². The minimum Gasteiger partial charge on any atom is -0.496 e. The molecule has 0 radical (unpaired) electrons. The van der Waals surface area contributed by atoms with E-state index in [1.54, 1.807) is 13.2 Å². The van der Waals surface area contributed by atoms with Crippen LogP contribution in [0.3, 0.4) is 0 Å². The summed E-state index contributed by atoms with van der Waals surface area (Å²) in [4.78, 5) is 3.09. The Hall–Kier alpha value is -1.66. The molecule has 0 spiro atoms. The predicted molar refractivity (Wildman–Crippen MR) is 86.9 cm³/mol. The van der Waals surface area contributed by atoms with Crippen LogP contribution in [0.4, 0.5) is 4.39 Å². The number of hydrogen-bond acceptors (Lipinski definition) is 2. The number of nitrogens with zero attached hydrogens (tertiary/aromatic N) is 1. The lowest BCUT2D eigenvalue weighted by atomic mass is 10.2. The minimum atomic E-state index is -0.315. The third kappa shape index (κ3) is 2.61. The van der Waals surface area contributed by atoms with Crippen molar-refractivity contribution in [3.63, 3.8) is 0 Å². The zero-order valence-corrected chi connectivity index (χ0v) is 13.6. The van der Waals surface area contributed by atoms with Gasteiger partial charge in [0.2, 0.25) is 0 Å². The Balaban J connectivity index is 2.14. The standard InChI is InChI=1S/C15H12BrFN2OS/c1-20-14-5-3-2-4-9(14)8-19-13-7-11(17)10(16)6-12(13)18-15(19)21/h2-7H,8H2,1H3,(H,18,21). The Bertz CT molecular complexity index is 872. The first-order chi connectivity index (χ1) is 10.1. The van der Waals surface area contributed by atoms with Gasteiger partial charge in [-0.25, -0.2) is 4.39 Å². The molecule has 108 valence electrons. The molecule has 0 fully saturated rings. The molecule has 1 aromatic heterocycles. The van der Waals surface area contributed by atoms with Crippen LogP contribution in [0, 0.1) is 10.6 Å². The Morgan fingerprint density at radius 1 is 1.33 bits per heavy atom. The molecule has 0 aliphatic heterocycles. The molecular formula is C15H12BrFN2OS. The Morgan fingerprint density at radius 2 is 2.10 bits per heavy atom. The van der Waals surface area contributed by atoms with Gasteiger partial charge in [-0.2, -0.15) is 0 Å². The van der Waals surface area contributed by atoms with Gasteiger partial charge in [0.05, 0.1) is 29.2 Å². The van der Waals surface area contributed by atoms with Gasteiger partial charge in [0.15, 0.2) is 4.77 Å². The summed E-state index contributed by atoms with van der Waals surface area (Å²) in [6.45, 7) is 0.518. The van der Waals surface area contributed by atoms with E-state index in [1.807, 2.05) is 28.8 Å². The van der Waals surface area contributed by atoms with Crippen molar-refractivity contribution in [3.05, 3.63) is 57.0 Å². The number of nitrogens with one attached hydrogen (secondary N) is 1. The van der Waals surface area contributed by atoms with Crippen molar-refractivity contribution < 1.29 is 9.13 Å².